The van der Waals surface area contributed by atoms with Crippen LogP contribution in [0.25, 0.3) is 0 Å². The monoisotopic (exact) mass is 446 g/mol. The lowest BCUT2D eigenvalue weighted by Gasteiger charge is -2.45. The molecule has 1 aliphatic heterocycles. The predicted octanol–water partition coefficient (Wildman–Crippen LogP) is 6.67. The number of thiophene rings is 1. The average Bonchev–Trinajstić information content (AvgIpc) is 3.36. The van der Waals surface area contributed by atoms with Gasteiger partial charge in [-0.3, -0.25) is 0 Å². The first-order valence-electron chi connectivity index (χ1n) is 11.3. The Balaban J connectivity index is 1.40. The van der Waals surface area contributed by atoms with Crippen LogP contribution < -0.4 is 5.32 Å². The van der Waals surface area contributed by atoms with Crippen molar-refractivity contribution in [3.05, 3.63) is 118 Å². The molecule has 4 rings (SSSR count). The highest BCUT2D eigenvalue weighted by atomic mass is 32.1. The minimum absolute atomic E-state index is 0.0771. The lowest BCUT2D eigenvalue weighted by molar-refractivity contribution is 0.207. The maximum atomic E-state index is 13.2. The smallest absolute Gasteiger partial charge is 0.123 e. The van der Waals surface area contributed by atoms with Crippen molar-refractivity contribution in [3.8, 4) is 0 Å². The van der Waals surface area contributed by atoms with Gasteiger partial charge in [0.1, 0.15) is 5.82 Å². The van der Waals surface area contributed by atoms with E-state index in [0.717, 1.165) is 62.3 Å². The normalized spacial score (nSPS) is 15.3. The molecule has 0 spiro atoms. The van der Waals surface area contributed by atoms with Gasteiger partial charge in [-0.05, 0) is 60.4 Å². The van der Waals surface area contributed by atoms with Crippen LogP contribution in [0, 0.1) is 5.82 Å². The number of halogens is 1. The van der Waals surface area contributed by atoms with Crippen molar-refractivity contribution in [1.82, 2.24) is 10.2 Å². The fourth-order valence-corrected chi connectivity index (χ4v) is 5.25. The van der Waals surface area contributed by atoms with Crippen molar-refractivity contribution in [2.24, 2.45) is 0 Å². The van der Waals surface area contributed by atoms with E-state index in [1.807, 2.05) is 12.1 Å². The number of nitrogens with one attached hydrogen (secondary N) is 1. The topological polar surface area (TPSA) is 15.3 Å². The highest BCUT2D eigenvalue weighted by Gasteiger charge is 2.39. The van der Waals surface area contributed by atoms with Crippen LogP contribution in [0.3, 0.4) is 0 Å². The summed E-state index contributed by atoms with van der Waals surface area (Å²) in [7, 11) is 0. The quantitative estimate of drug-likeness (QED) is 0.395. The molecule has 1 N–H and O–H groups in total. The van der Waals surface area contributed by atoms with E-state index in [4.69, 9.17) is 0 Å². The molecule has 2 aromatic carbocycles. The lowest BCUT2D eigenvalue weighted by atomic mass is 9.70. The molecular weight excluding hydrogens is 415 g/mol. The van der Waals surface area contributed by atoms with Gasteiger partial charge < -0.3 is 10.2 Å². The van der Waals surface area contributed by atoms with Crippen LogP contribution in [0.5, 0.6) is 0 Å². The van der Waals surface area contributed by atoms with E-state index in [-0.39, 0.29) is 11.2 Å². The van der Waals surface area contributed by atoms with Crippen LogP contribution in [0.1, 0.15) is 35.3 Å². The number of aryl methyl sites for hydroxylation is 1. The van der Waals surface area contributed by atoms with E-state index in [2.05, 4.69) is 71.2 Å². The summed E-state index contributed by atoms with van der Waals surface area (Å²) in [6.45, 7) is 11.6. The molecule has 0 radical (unpaired) electrons. The van der Waals surface area contributed by atoms with E-state index in [0.29, 0.717) is 0 Å². The number of rotatable bonds is 9. The number of benzene rings is 2. The van der Waals surface area contributed by atoms with Crippen LogP contribution in [-0.4, -0.2) is 18.0 Å². The number of piperidine rings is 1. The van der Waals surface area contributed by atoms with Gasteiger partial charge in [-0.2, -0.15) is 0 Å². The van der Waals surface area contributed by atoms with Gasteiger partial charge in [-0.1, -0.05) is 61.7 Å². The maximum absolute atomic E-state index is 13.2. The Morgan fingerprint density at radius 3 is 2.34 bits per heavy atom. The highest BCUT2D eigenvalue weighted by molar-refractivity contribution is 7.09. The number of hydrogen-bond donors (Lipinski definition) is 1. The Hall–Kier alpha value is -2.85. The van der Waals surface area contributed by atoms with E-state index < -0.39 is 0 Å². The van der Waals surface area contributed by atoms with E-state index in [1.54, 1.807) is 11.3 Å². The summed E-state index contributed by atoms with van der Waals surface area (Å²) in [4.78, 5) is 3.73. The molecule has 1 aliphatic rings. The van der Waals surface area contributed by atoms with Gasteiger partial charge >= 0.3 is 0 Å². The fourth-order valence-electron chi connectivity index (χ4n) is 4.60. The second kappa shape index (κ2) is 10.2. The Labute approximate surface area is 195 Å². The number of allylic oxidation sites excluding steroid dienone is 2. The highest BCUT2D eigenvalue weighted by Crippen LogP contribution is 2.41. The molecule has 1 aromatic heterocycles. The summed E-state index contributed by atoms with van der Waals surface area (Å²) < 4.78 is 13.2. The molecule has 0 atom stereocenters. The summed E-state index contributed by atoms with van der Waals surface area (Å²) in [6.07, 6.45) is 3.78. The molecule has 166 valence electrons. The van der Waals surface area contributed by atoms with E-state index >= 15 is 0 Å². The summed E-state index contributed by atoms with van der Waals surface area (Å²) in [5.74, 6) is -0.186. The van der Waals surface area contributed by atoms with Crippen LogP contribution in [0.2, 0.25) is 0 Å². The molecule has 0 amide bonds. The molecule has 2 nitrogen and oxygen atoms in total. The van der Waals surface area contributed by atoms with Crippen molar-refractivity contribution >= 4 is 11.3 Å². The number of hydrogen-bond acceptors (Lipinski definition) is 3. The predicted molar refractivity (Wildman–Crippen MR) is 133 cm³/mol. The van der Waals surface area contributed by atoms with Crippen molar-refractivity contribution in [2.75, 3.05) is 13.1 Å². The zero-order valence-corrected chi connectivity index (χ0v) is 19.3. The van der Waals surface area contributed by atoms with Gasteiger partial charge in [-0.15, -0.1) is 11.3 Å². The molecule has 0 unspecified atom stereocenters. The molecule has 0 aliphatic carbocycles. The van der Waals surface area contributed by atoms with Gasteiger partial charge in [0, 0.05) is 41.3 Å². The van der Waals surface area contributed by atoms with Crippen LogP contribution in [0.15, 0.2) is 96.7 Å². The van der Waals surface area contributed by atoms with Gasteiger partial charge in [-0.25, -0.2) is 4.39 Å². The lowest BCUT2D eigenvalue weighted by Crippen LogP contribution is -2.45. The first-order valence-corrected chi connectivity index (χ1v) is 12.1. The average molecular weight is 447 g/mol. The SMILES string of the molecule is C=C(CCc1ccc(F)cc1)N1CCC(C(=C)NCc2cccs2)(c2ccccc2)CC1. The molecule has 1 fully saturated rings. The standard InChI is InChI=1S/C28H31FN2S/c1-22(10-11-24-12-14-26(29)15-13-24)31-18-16-28(17-19-31,25-7-4-3-5-8-25)23(2)30-21-27-9-6-20-32-27/h3-9,12-15,20,30H,1-2,10-11,16-19,21H2. The van der Waals surface area contributed by atoms with Crippen LogP contribution in [0.4, 0.5) is 4.39 Å². The van der Waals surface area contributed by atoms with Gasteiger partial charge in [0.25, 0.3) is 0 Å². The summed E-state index contributed by atoms with van der Waals surface area (Å²) >= 11 is 1.77. The van der Waals surface area contributed by atoms with Crippen molar-refractivity contribution in [3.63, 3.8) is 0 Å². The molecule has 3 aromatic rings. The van der Waals surface area contributed by atoms with Crippen molar-refractivity contribution < 1.29 is 4.39 Å². The minimum atomic E-state index is -0.186. The Morgan fingerprint density at radius 2 is 1.69 bits per heavy atom. The third kappa shape index (κ3) is 5.13. The van der Waals surface area contributed by atoms with Crippen LogP contribution >= 0.6 is 11.3 Å². The summed E-state index contributed by atoms with van der Waals surface area (Å²) in [5.41, 5.74) is 4.67. The summed E-state index contributed by atoms with van der Waals surface area (Å²) in [5, 5.41) is 5.75. The van der Waals surface area contributed by atoms with Gasteiger partial charge in [0.05, 0.1) is 0 Å². The van der Waals surface area contributed by atoms with E-state index in [9.17, 15) is 4.39 Å². The summed E-state index contributed by atoms with van der Waals surface area (Å²) in [6, 6.07) is 21.8. The van der Waals surface area contributed by atoms with Crippen LogP contribution in [-0.2, 0) is 18.4 Å². The third-order valence-corrected chi connectivity index (χ3v) is 7.52. The molecule has 0 bridgehead atoms. The van der Waals surface area contributed by atoms with E-state index in [1.165, 1.54) is 22.6 Å². The number of likely N-dealkylation sites (tertiary alicyclic amines) is 1. The molecule has 1 saturated heterocycles. The minimum Gasteiger partial charge on any atom is -0.383 e. The van der Waals surface area contributed by atoms with Crippen molar-refractivity contribution in [2.45, 2.75) is 37.6 Å². The Bertz CT molecular complexity index is 1020. The largest absolute Gasteiger partial charge is 0.383 e. The van der Waals surface area contributed by atoms with Gasteiger partial charge in [0.2, 0.25) is 0 Å². The second-order valence-corrected chi connectivity index (χ2v) is 9.57. The van der Waals surface area contributed by atoms with Crippen molar-refractivity contribution in [1.29, 1.82) is 0 Å². The number of nitrogens with zero attached hydrogens (tertiary/aromatic N) is 1. The molecule has 32 heavy (non-hydrogen) atoms. The zero-order chi connectivity index (χ0) is 22.4. The molecule has 4 heteroatoms. The Morgan fingerprint density at radius 1 is 0.969 bits per heavy atom. The first kappa shape index (κ1) is 22.3. The first-order chi connectivity index (χ1) is 15.6. The molecule has 0 saturated carbocycles. The fraction of sp³-hybridized carbons (Fsp3) is 0.286. The Kier molecular flexibility index (Phi) is 7.11. The third-order valence-electron chi connectivity index (χ3n) is 6.64. The molecular formula is C28H31FN2S. The maximum Gasteiger partial charge on any atom is 0.123 e. The zero-order valence-electron chi connectivity index (χ0n) is 18.5. The molecule has 2 heterocycles. The second-order valence-electron chi connectivity index (χ2n) is 8.54. The van der Waals surface area contributed by atoms with Gasteiger partial charge in [0.15, 0.2) is 0 Å².